The number of rotatable bonds is 54. The number of carboxylic acid groups (broad SMARTS) is 3. The molecule has 0 aliphatic rings. The van der Waals surface area contributed by atoms with E-state index in [1.807, 2.05) is 0 Å². The van der Waals surface area contributed by atoms with Gasteiger partial charge in [0.15, 0.2) is 0 Å². The van der Waals surface area contributed by atoms with Crippen molar-refractivity contribution >= 4 is 17.9 Å². The van der Waals surface area contributed by atoms with Crippen molar-refractivity contribution in [1.29, 1.82) is 0 Å². The van der Waals surface area contributed by atoms with Crippen LogP contribution in [0.2, 0.25) is 0 Å². The minimum atomic E-state index is -0.823. The van der Waals surface area contributed by atoms with Gasteiger partial charge in [0, 0.05) is 35.7 Å². The minimum absolute atomic E-state index is 0. The molecule has 6 nitrogen and oxygen atoms in total. The molecule has 0 aromatic heterocycles. The molecule has 0 aromatic carbocycles. The predicted octanol–water partition coefficient (Wildman–Crippen LogP) is 18.8. The largest absolute Gasteiger partial charge is 3.00 e. The van der Waals surface area contributed by atoms with Gasteiger partial charge in [-0.15, -0.1) is 0 Å². The zero-order valence-corrected chi connectivity index (χ0v) is 52.3. The van der Waals surface area contributed by atoms with Gasteiger partial charge in [-0.1, -0.05) is 351 Å². The average Bonchev–Trinajstić information content (AvgIpc) is 3.35. The van der Waals surface area contributed by atoms with Crippen LogP contribution in [0.3, 0.4) is 0 Å². The van der Waals surface area contributed by atoms with E-state index in [4.69, 9.17) is 0 Å². The molecule has 0 aliphatic heterocycles. The van der Waals surface area contributed by atoms with E-state index >= 15 is 0 Å². The topological polar surface area (TPSA) is 120 Å². The van der Waals surface area contributed by atoms with Crippen molar-refractivity contribution in [3.8, 4) is 0 Å². The van der Waals surface area contributed by atoms with Gasteiger partial charge >= 0.3 is 19.5 Å². The van der Waals surface area contributed by atoms with Crippen LogP contribution in [0, 0.1) is 35.5 Å². The summed E-state index contributed by atoms with van der Waals surface area (Å²) in [7, 11) is 0. The molecule has 0 heterocycles. The molecule has 0 amide bonds. The molecule has 6 unspecified atom stereocenters. The Hall–Kier alpha value is -0.967. The van der Waals surface area contributed by atoms with E-state index < -0.39 is 17.9 Å². The van der Waals surface area contributed by atoms with Crippen LogP contribution in [0.1, 0.15) is 371 Å². The predicted molar refractivity (Wildman–Crippen MR) is 309 cm³/mol. The molecule has 7 heteroatoms. The van der Waals surface area contributed by atoms with Crippen LogP contribution >= 0.6 is 0 Å². The maximum absolute atomic E-state index is 11.4. The number of carbonyl (C=O) groups excluding carboxylic acids is 3. The Morgan fingerprint density at radius 3 is 0.493 bits per heavy atom. The average molecular weight is 1120 g/mol. The maximum Gasteiger partial charge on any atom is 3.00 e. The van der Waals surface area contributed by atoms with E-state index in [-0.39, 0.29) is 55.0 Å². The summed E-state index contributed by atoms with van der Waals surface area (Å²) >= 11 is 0. The van der Waals surface area contributed by atoms with E-state index in [0.29, 0.717) is 0 Å². The third-order valence-corrected chi connectivity index (χ3v) is 16.1. The molecule has 73 heavy (non-hydrogen) atoms. The Morgan fingerprint density at radius 1 is 0.233 bits per heavy atom. The smallest absolute Gasteiger partial charge is 0.550 e. The monoisotopic (exact) mass is 1120 g/mol. The van der Waals surface area contributed by atoms with Crippen LogP contribution in [0.5, 0.6) is 0 Å². The van der Waals surface area contributed by atoms with Gasteiger partial charge in [0.1, 0.15) is 0 Å². The fourth-order valence-corrected chi connectivity index (χ4v) is 10.7. The second kappa shape index (κ2) is 63.6. The van der Waals surface area contributed by atoms with Crippen molar-refractivity contribution in [2.75, 3.05) is 0 Å². The Labute approximate surface area is 470 Å². The van der Waals surface area contributed by atoms with Crippen molar-refractivity contribution < 1.29 is 49.2 Å². The Morgan fingerprint density at radius 2 is 0.356 bits per heavy atom. The first-order valence-corrected chi connectivity index (χ1v) is 32.5. The Bertz CT molecular complexity index is 966. The van der Waals surface area contributed by atoms with Gasteiger partial charge in [0.05, 0.1) is 0 Å². The third kappa shape index (κ3) is 57.0. The van der Waals surface area contributed by atoms with Crippen molar-refractivity contribution in [2.45, 2.75) is 371 Å². The molecule has 438 valence electrons. The summed E-state index contributed by atoms with van der Waals surface area (Å²) in [4.78, 5) is 34.3. The van der Waals surface area contributed by atoms with Crippen LogP contribution in [-0.2, 0) is 33.9 Å². The Balaban J connectivity index is -0.000000486. The van der Waals surface area contributed by atoms with Gasteiger partial charge in [-0.05, 0) is 37.0 Å². The van der Waals surface area contributed by atoms with Gasteiger partial charge in [0.2, 0.25) is 0 Å². The van der Waals surface area contributed by atoms with Crippen molar-refractivity contribution in [3.63, 3.8) is 0 Å². The summed E-state index contributed by atoms with van der Waals surface area (Å²) in [5.74, 6) is -2.37. The van der Waals surface area contributed by atoms with E-state index in [1.54, 1.807) is 0 Å². The van der Waals surface area contributed by atoms with Crippen LogP contribution in [0.15, 0.2) is 0 Å². The molecular formula is C66H129O6Rh. The summed E-state index contributed by atoms with van der Waals surface area (Å²) in [5, 5.41) is 34.3. The summed E-state index contributed by atoms with van der Waals surface area (Å²) in [6.07, 6.45) is 59.0. The molecule has 0 radical (unpaired) electrons. The van der Waals surface area contributed by atoms with Crippen LogP contribution in [-0.4, -0.2) is 17.9 Å². The number of carboxylic acids is 3. The summed E-state index contributed by atoms with van der Waals surface area (Å²) < 4.78 is 0. The molecule has 0 fully saturated rings. The van der Waals surface area contributed by atoms with Crippen molar-refractivity contribution in [2.24, 2.45) is 35.5 Å². The summed E-state index contributed by atoms with van der Waals surface area (Å²) in [6, 6.07) is 0. The van der Waals surface area contributed by atoms with E-state index in [1.165, 1.54) is 250 Å². The summed E-state index contributed by atoms with van der Waals surface area (Å²) in [5.41, 5.74) is 0. The fraction of sp³-hybridized carbons (Fsp3) is 0.955. The van der Waals surface area contributed by atoms with Crippen LogP contribution in [0.25, 0.3) is 0 Å². The number of hydrogen-bond acceptors (Lipinski definition) is 6. The molecule has 0 saturated carbocycles. The normalized spacial score (nSPS) is 13.6. The molecule has 0 spiro atoms. The van der Waals surface area contributed by atoms with Gasteiger partial charge < -0.3 is 29.7 Å². The second-order valence-corrected chi connectivity index (χ2v) is 23.2. The molecule has 0 N–H and O–H groups in total. The molecule has 0 saturated heterocycles. The van der Waals surface area contributed by atoms with Gasteiger partial charge in [-0.2, -0.15) is 0 Å². The first kappa shape index (κ1) is 78.5. The van der Waals surface area contributed by atoms with E-state index in [2.05, 4.69) is 62.3 Å². The quantitative estimate of drug-likeness (QED) is 0.0442. The van der Waals surface area contributed by atoms with Crippen LogP contribution < -0.4 is 15.3 Å². The minimum Gasteiger partial charge on any atom is -0.550 e. The van der Waals surface area contributed by atoms with Crippen molar-refractivity contribution in [1.82, 2.24) is 0 Å². The first-order chi connectivity index (χ1) is 34.9. The second-order valence-electron chi connectivity index (χ2n) is 23.2. The molecule has 0 aliphatic carbocycles. The fourth-order valence-electron chi connectivity index (χ4n) is 10.7. The van der Waals surface area contributed by atoms with Crippen molar-refractivity contribution in [3.05, 3.63) is 0 Å². The Kier molecular flexibility index (Phi) is 68.4. The standard InChI is InChI=1S/3C22H44O2.Rh/c3*1-4-6-8-10-12-13-14-16-18-20(3)21(22(23)24)19-17-15-11-9-7-5-2;/h3*20-21H,4-19H2,1-3H3,(H,23,24);/q;;;+3/p-3. The maximum atomic E-state index is 11.4. The van der Waals surface area contributed by atoms with Gasteiger partial charge in [0.25, 0.3) is 0 Å². The third-order valence-electron chi connectivity index (χ3n) is 16.1. The molecule has 0 aromatic rings. The van der Waals surface area contributed by atoms with Crippen LogP contribution in [0.4, 0.5) is 0 Å². The molecule has 0 bridgehead atoms. The number of aliphatic carboxylic acids is 3. The molecular weight excluding hydrogens is 992 g/mol. The number of hydrogen-bond donors (Lipinski definition) is 0. The molecule has 0 rings (SSSR count). The number of unbranched alkanes of at least 4 members (excludes halogenated alkanes) is 36. The SMILES string of the molecule is CCCCCCCCCCC(C)C(CCCCCCCC)C(=O)[O-].CCCCCCCCCCC(C)C(CCCCCCCC)C(=O)[O-].CCCCCCCCCCC(C)C(CCCCCCCC)C(=O)[O-].[Rh+3]. The zero-order valence-electron chi connectivity index (χ0n) is 50.7. The molecule has 6 atom stereocenters. The number of carbonyl (C=O) groups is 3. The zero-order chi connectivity index (χ0) is 54.1. The van der Waals surface area contributed by atoms with Gasteiger partial charge in [-0.25, -0.2) is 0 Å². The van der Waals surface area contributed by atoms with Gasteiger partial charge in [-0.3, -0.25) is 0 Å². The van der Waals surface area contributed by atoms with E-state index in [9.17, 15) is 29.7 Å². The summed E-state index contributed by atoms with van der Waals surface area (Å²) in [6.45, 7) is 19.7. The van der Waals surface area contributed by atoms with E-state index in [0.717, 1.165) is 57.8 Å². The first-order valence-electron chi connectivity index (χ1n) is 32.5.